The van der Waals surface area contributed by atoms with Crippen molar-refractivity contribution in [2.24, 2.45) is 0 Å². The number of fused-ring (bicyclic) bond motifs is 1. The number of rotatable bonds is 7. The van der Waals surface area contributed by atoms with Gasteiger partial charge in [-0.3, -0.25) is 0 Å². The van der Waals surface area contributed by atoms with Gasteiger partial charge in [0.15, 0.2) is 11.5 Å². The Morgan fingerprint density at radius 2 is 1.25 bits per heavy atom. The standard InChI is InChI=1S/C38H36O6/c1-24(2)16-30-23-38(3,44-37-21-27(8-11-33(30)37)5-4-26-10-13-35(42)36(43)20-26)15-14-29-17-25(9-12-34(29)41)6-7-28-18-31(39)22-32(40)19-28/h4-22,30,39-43H,23H2,1-3H3. The first-order valence-corrected chi connectivity index (χ1v) is 14.4. The molecule has 1 aliphatic heterocycles. The van der Waals surface area contributed by atoms with Crippen molar-refractivity contribution < 1.29 is 30.3 Å². The maximum atomic E-state index is 10.6. The van der Waals surface area contributed by atoms with Crippen molar-refractivity contribution in [2.75, 3.05) is 0 Å². The van der Waals surface area contributed by atoms with E-state index in [-0.39, 0.29) is 34.7 Å². The summed E-state index contributed by atoms with van der Waals surface area (Å²) in [5, 5.41) is 49.5. The number of phenols is 5. The fourth-order valence-corrected chi connectivity index (χ4v) is 5.36. The maximum absolute atomic E-state index is 10.6. The van der Waals surface area contributed by atoms with Gasteiger partial charge in [-0.05, 0) is 91.6 Å². The monoisotopic (exact) mass is 588 g/mol. The van der Waals surface area contributed by atoms with Crippen LogP contribution in [0.25, 0.3) is 30.4 Å². The second-order valence-electron chi connectivity index (χ2n) is 11.6. The van der Waals surface area contributed by atoms with Gasteiger partial charge in [-0.25, -0.2) is 0 Å². The van der Waals surface area contributed by atoms with Crippen LogP contribution in [0.3, 0.4) is 0 Å². The molecule has 0 radical (unpaired) electrons. The first kappa shape index (κ1) is 30.1. The molecule has 224 valence electrons. The van der Waals surface area contributed by atoms with Crippen molar-refractivity contribution in [1.82, 2.24) is 0 Å². The third-order valence-corrected chi connectivity index (χ3v) is 7.47. The summed E-state index contributed by atoms with van der Waals surface area (Å²) in [6.07, 6.45) is 14.3. The van der Waals surface area contributed by atoms with Crippen LogP contribution in [-0.4, -0.2) is 31.1 Å². The molecule has 0 aliphatic carbocycles. The van der Waals surface area contributed by atoms with E-state index in [0.717, 1.165) is 28.0 Å². The largest absolute Gasteiger partial charge is 0.508 e. The van der Waals surface area contributed by atoms with E-state index in [1.54, 1.807) is 36.4 Å². The second-order valence-corrected chi connectivity index (χ2v) is 11.6. The highest BCUT2D eigenvalue weighted by atomic mass is 16.5. The van der Waals surface area contributed by atoms with Gasteiger partial charge < -0.3 is 30.3 Å². The van der Waals surface area contributed by atoms with Crippen molar-refractivity contribution in [3.05, 3.63) is 124 Å². The molecule has 5 N–H and O–H groups in total. The molecule has 1 aliphatic rings. The van der Waals surface area contributed by atoms with E-state index in [4.69, 9.17) is 4.74 Å². The van der Waals surface area contributed by atoms with Crippen LogP contribution in [0.15, 0.2) is 90.5 Å². The second kappa shape index (κ2) is 12.5. The van der Waals surface area contributed by atoms with Crippen molar-refractivity contribution >= 4 is 30.4 Å². The first-order valence-electron chi connectivity index (χ1n) is 14.4. The highest BCUT2D eigenvalue weighted by Gasteiger charge is 2.34. The van der Waals surface area contributed by atoms with Gasteiger partial charge in [0.25, 0.3) is 0 Å². The summed E-state index contributed by atoms with van der Waals surface area (Å²) in [7, 11) is 0. The summed E-state index contributed by atoms with van der Waals surface area (Å²) >= 11 is 0. The summed E-state index contributed by atoms with van der Waals surface area (Å²) in [6, 6.07) is 20.5. The van der Waals surface area contributed by atoms with E-state index < -0.39 is 5.60 Å². The number of ether oxygens (including phenoxy) is 1. The van der Waals surface area contributed by atoms with Crippen LogP contribution in [0.1, 0.15) is 66.5 Å². The molecule has 0 saturated heterocycles. The number of aromatic hydroxyl groups is 5. The van der Waals surface area contributed by atoms with Gasteiger partial charge in [0.2, 0.25) is 0 Å². The molecule has 0 saturated carbocycles. The average Bonchev–Trinajstić information content (AvgIpc) is 2.95. The fourth-order valence-electron chi connectivity index (χ4n) is 5.36. The third kappa shape index (κ3) is 7.34. The summed E-state index contributed by atoms with van der Waals surface area (Å²) < 4.78 is 6.61. The molecule has 0 fully saturated rings. The van der Waals surface area contributed by atoms with Crippen LogP contribution in [0.2, 0.25) is 0 Å². The predicted molar refractivity (Wildman–Crippen MR) is 177 cm³/mol. The highest BCUT2D eigenvalue weighted by Crippen LogP contribution is 2.44. The molecule has 0 aromatic heterocycles. The lowest BCUT2D eigenvalue weighted by molar-refractivity contribution is 0.108. The van der Waals surface area contributed by atoms with Crippen LogP contribution in [0.5, 0.6) is 34.5 Å². The lowest BCUT2D eigenvalue weighted by Gasteiger charge is -2.37. The minimum absolute atomic E-state index is 0.0199. The maximum Gasteiger partial charge on any atom is 0.157 e. The third-order valence-electron chi connectivity index (χ3n) is 7.47. The minimum Gasteiger partial charge on any atom is -0.508 e. The van der Waals surface area contributed by atoms with Crippen molar-refractivity contribution in [2.45, 2.75) is 38.7 Å². The smallest absolute Gasteiger partial charge is 0.157 e. The summed E-state index contributed by atoms with van der Waals surface area (Å²) in [6.45, 7) is 6.21. The Balaban J connectivity index is 1.41. The molecule has 4 aromatic rings. The highest BCUT2D eigenvalue weighted by molar-refractivity contribution is 5.74. The molecule has 6 heteroatoms. The van der Waals surface area contributed by atoms with Crippen LogP contribution >= 0.6 is 0 Å². The van der Waals surface area contributed by atoms with E-state index in [2.05, 4.69) is 26.0 Å². The number of hydrogen-bond acceptors (Lipinski definition) is 6. The Hall–Kier alpha value is -5.36. The van der Waals surface area contributed by atoms with Gasteiger partial charge in [0, 0.05) is 29.5 Å². The van der Waals surface area contributed by atoms with Crippen LogP contribution in [0, 0.1) is 0 Å². The quantitative estimate of drug-likeness (QED) is 0.0838. The summed E-state index contributed by atoms with van der Waals surface area (Å²) in [5.74, 6) is 0.679. The normalized spacial score (nSPS) is 18.0. The zero-order chi connectivity index (χ0) is 31.4. The summed E-state index contributed by atoms with van der Waals surface area (Å²) in [5.41, 5.74) is 5.46. The van der Waals surface area contributed by atoms with Crippen molar-refractivity contribution in [1.29, 1.82) is 0 Å². The zero-order valence-corrected chi connectivity index (χ0v) is 24.9. The molecule has 1 heterocycles. The van der Waals surface area contributed by atoms with E-state index in [0.29, 0.717) is 17.5 Å². The zero-order valence-electron chi connectivity index (χ0n) is 24.9. The Bertz CT molecular complexity index is 1790. The SMILES string of the molecule is CC(C)=CC1CC(C)(C=Cc2cc(C=Cc3cc(O)cc(O)c3)ccc2O)Oc2cc(C=Cc3ccc(O)c(O)c3)ccc21. The van der Waals surface area contributed by atoms with Gasteiger partial charge >= 0.3 is 0 Å². The topological polar surface area (TPSA) is 110 Å². The molecular weight excluding hydrogens is 552 g/mol. The molecular formula is C38H36O6. The molecule has 0 spiro atoms. The van der Waals surface area contributed by atoms with Crippen molar-refractivity contribution in [3.8, 4) is 34.5 Å². The lowest BCUT2D eigenvalue weighted by atomic mass is 9.81. The molecule has 2 unspecified atom stereocenters. The van der Waals surface area contributed by atoms with Gasteiger partial charge in [-0.2, -0.15) is 0 Å². The number of phenolic OH excluding ortho intramolecular Hbond substituents is 5. The average molecular weight is 589 g/mol. The molecule has 44 heavy (non-hydrogen) atoms. The van der Waals surface area contributed by atoms with E-state index in [1.165, 1.54) is 23.8 Å². The van der Waals surface area contributed by atoms with Gasteiger partial charge in [-0.1, -0.05) is 66.3 Å². The van der Waals surface area contributed by atoms with Gasteiger partial charge in [0.05, 0.1) is 0 Å². The fraction of sp³-hybridized carbons (Fsp3) is 0.158. The Morgan fingerprint density at radius 1 is 0.659 bits per heavy atom. The van der Waals surface area contributed by atoms with Gasteiger partial charge in [0.1, 0.15) is 28.6 Å². The molecule has 2 atom stereocenters. The molecule has 0 bridgehead atoms. The van der Waals surface area contributed by atoms with Crippen LogP contribution in [-0.2, 0) is 0 Å². The minimum atomic E-state index is -0.661. The molecule has 5 rings (SSSR count). The lowest BCUT2D eigenvalue weighted by Crippen LogP contribution is -2.35. The Labute approximate surface area is 257 Å². The number of allylic oxidation sites excluding steroid dienone is 2. The predicted octanol–water partition coefficient (Wildman–Crippen LogP) is 8.86. The van der Waals surface area contributed by atoms with Crippen molar-refractivity contribution in [3.63, 3.8) is 0 Å². The first-order chi connectivity index (χ1) is 21.0. The molecule has 6 nitrogen and oxygen atoms in total. The Morgan fingerprint density at radius 3 is 1.91 bits per heavy atom. The molecule has 4 aromatic carbocycles. The molecule has 0 amide bonds. The van der Waals surface area contributed by atoms with Crippen LogP contribution in [0.4, 0.5) is 0 Å². The van der Waals surface area contributed by atoms with Crippen LogP contribution < -0.4 is 4.74 Å². The number of benzene rings is 4. The number of hydrogen-bond donors (Lipinski definition) is 5. The summed E-state index contributed by atoms with van der Waals surface area (Å²) in [4.78, 5) is 0. The van der Waals surface area contributed by atoms with E-state index in [9.17, 15) is 25.5 Å². The Kier molecular flexibility index (Phi) is 8.54. The van der Waals surface area contributed by atoms with E-state index >= 15 is 0 Å². The van der Waals surface area contributed by atoms with Gasteiger partial charge in [-0.15, -0.1) is 0 Å². The van der Waals surface area contributed by atoms with E-state index in [1.807, 2.05) is 55.5 Å².